The molecule has 1 amide bonds. The number of fused-ring (bicyclic) bond motifs is 1. The third kappa shape index (κ3) is 3.80. The van der Waals surface area contributed by atoms with Crippen molar-refractivity contribution in [2.24, 2.45) is 0 Å². The van der Waals surface area contributed by atoms with Gasteiger partial charge in [0.1, 0.15) is 12.4 Å². The van der Waals surface area contributed by atoms with Crippen LogP contribution in [0, 0.1) is 6.92 Å². The molecule has 0 saturated carbocycles. The second-order valence-electron chi connectivity index (χ2n) is 5.95. The van der Waals surface area contributed by atoms with Gasteiger partial charge < -0.3 is 24.1 Å². The molecule has 0 aliphatic rings. The number of aromatic nitrogens is 3. The van der Waals surface area contributed by atoms with E-state index in [0.29, 0.717) is 23.1 Å². The maximum atomic E-state index is 11.9. The number of ether oxygens (including phenoxy) is 1. The van der Waals surface area contributed by atoms with Crippen LogP contribution in [-0.4, -0.2) is 21.2 Å². The van der Waals surface area contributed by atoms with E-state index in [1.54, 1.807) is 12.1 Å². The van der Waals surface area contributed by atoms with E-state index in [4.69, 9.17) is 25.4 Å². The molecule has 0 spiro atoms. The van der Waals surface area contributed by atoms with Crippen molar-refractivity contribution in [1.29, 1.82) is 0 Å². The number of carbonyl (C=O) groups excluding carboxylic acids is 1. The molecule has 0 aliphatic heterocycles. The van der Waals surface area contributed by atoms with Gasteiger partial charge in [0, 0.05) is 34.8 Å². The van der Waals surface area contributed by atoms with Crippen LogP contribution >= 0.6 is 11.6 Å². The fourth-order valence-electron chi connectivity index (χ4n) is 2.63. The molecule has 0 fully saturated rings. The molecule has 4 rings (SSSR count). The van der Waals surface area contributed by atoms with E-state index in [2.05, 4.69) is 20.6 Å². The van der Waals surface area contributed by atoms with E-state index < -0.39 is 0 Å². The Morgan fingerprint density at radius 1 is 1.30 bits per heavy atom. The molecule has 8 nitrogen and oxygen atoms in total. The van der Waals surface area contributed by atoms with E-state index in [1.165, 1.54) is 12.3 Å². The maximum absolute atomic E-state index is 11.9. The van der Waals surface area contributed by atoms with Crippen molar-refractivity contribution in [1.82, 2.24) is 20.6 Å². The van der Waals surface area contributed by atoms with E-state index in [1.807, 2.05) is 19.1 Å². The molecule has 4 aromatic rings. The number of aryl methyl sites for hydroxylation is 1. The number of halogens is 1. The number of aromatic amines is 1. The topological polar surface area (TPSA) is 106 Å². The van der Waals surface area contributed by atoms with Crippen molar-refractivity contribution < 1.29 is 18.6 Å². The lowest BCUT2D eigenvalue weighted by Gasteiger charge is -2.06. The summed E-state index contributed by atoms with van der Waals surface area (Å²) in [6.45, 7) is 2.37. The number of nitrogens with zero attached hydrogens (tertiary/aromatic N) is 2. The SMILES string of the molecule is Cc1cc(COc2cc3[nH]c(CNC(=O)c4ccno4)cc3cc2Cl)on1. The Hall–Kier alpha value is -3.26. The Labute approximate surface area is 158 Å². The smallest absolute Gasteiger partial charge is 0.290 e. The summed E-state index contributed by atoms with van der Waals surface area (Å²) in [4.78, 5) is 15.1. The van der Waals surface area contributed by atoms with Gasteiger partial charge in [0.15, 0.2) is 5.76 Å². The Morgan fingerprint density at radius 3 is 2.93 bits per heavy atom. The predicted molar refractivity (Wildman–Crippen MR) is 96.6 cm³/mol. The van der Waals surface area contributed by atoms with Gasteiger partial charge in [-0.1, -0.05) is 21.9 Å². The number of benzene rings is 1. The van der Waals surface area contributed by atoms with Crippen LogP contribution < -0.4 is 10.1 Å². The molecule has 1 aromatic carbocycles. The molecular formula is C18H15ClN4O4. The molecule has 0 aliphatic carbocycles. The molecule has 138 valence electrons. The molecule has 0 saturated heterocycles. The van der Waals surface area contributed by atoms with Gasteiger partial charge in [-0.15, -0.1) is 0 Å². The highest BCUT2D eigenvalue weighted by atomic mass is 35.5. The second-order valence-corrected chi connectivity index (χ2v) is 6.35. The highest BCUT2D eigenvalue weighted by molar-refractivity contribution is 6.32. The summed E-state index contributed by atoms with van der Waals surface area (Å²) >= 11 is 6.30. The number of hydrogen-bond donors (Lipinski definition) is 2. The molecule has 0 bridgehead atoms. The monoisotopic (exact) mass is 386 g/mol. The van der Waals surface area contributed by atoms with Gasteiger partial charge >= 0.3 is 0 Å². The summed E-state index contributed by atoms with van der Waals surface area (Å²) < 4.78 is 15.7. The molecule has 3 aromatic heterocycles. The molecule has 2 N–H and O–H groups in total. The highest BCUT2D eigenvalue weighted by Gasteiger charge is 2.12. The number of H-pyrrole nitrogens is 1. The van der Waals surface area contributed by atoms with E-state index >= 15 is 0 Å². The van der Waals surface area contributed by atoms with Crippen LogP contribution in [0.25, 0.3) is 10.9 Å². The third-order valence-corrected chi connectivity index (χ3v) is 4.17. The quantitative estimate of drug-likeness (QED) is 0.524. The van der Waals surface area contributed by atoms with Crippen LogP contribution in [0.15, 0.2) is 45.6 Å². The van der Waals surface area contributed by atoms with Gasteiger partial charge in [0.05, 0.1) is 23.5 Å². The van der Waals surface area contributed by atoms with Gasteiger partial charge in [0.2, 0.25) is 5.76 Å². The Balaban J connectivity index is 1.46. The predicted octanol–water partition coefficient (Wildman–Crippen LogP) is 3.61. The Kier molecular flexibility index (Phi) is 4.55. The first-order chi connectivity index (χ1) is 13.1. The summed E-state index contributed by atoms with van der Waals surface area (Å²) in [6.07, 6.45) is 1.42. The molecule has 27 heavy (non-hydrogen) atoms. The van der Waals surface area contributed by atoms with Gasteiger partial charge in [-0.3, -0.25) is 4.79 Å². The minimum Gasteiger partial charge on any atom is -0.484 e. The van der Waals surface area contributed by atoms with Crippen LogP contribution in [0.3, 0.4) is 0 Å². The molecule has 0 unspecified atom stereocenters. The molecule has 0 atom stereocenters. The summed E-state index contributed by atoms with van der Waals surface area (Å²) in [7, 11) is 0. The van der Waals surface area contributed by atoms with Gasteiger partial charge in [-0.05, 0) is 19.1 Å². The third-order valence-electron chi connectivity index (χ3n) is 3.88. The zero-order chi connectivity index (χ0) is 18.8. The molecular weight excluding hydrogens is 372 g/mol. The largest absolute Gasteiger partial charge is 0.484 e. The lowest BCUT2D eigenvalue weighted by atomic mass is 10.2. The van der Waals surface area contributed by atoms with Crippen LogP contribution in [0.5, 0.6) is 5.75 Å². The van der Waals surface area contributed by atoms with Crippen molar-refractivity contribution >= 4 is 28.4 Å². The van der Waals surface area contributed by atoms with Crippen LogP contribution in [0.2, 0.25) is 5.02 Å². The van der Waals surface area contributed by atoms with Crippen LogP contribution in [0.1, 0.15) is 27.7 Å². The molecule has 9 heteroatoms. The molecule has 3 heterocycles. The van der Waals surface area contributed by atoms with Crippen LogP contribution in [-0.2, 0) is 13.2 Å². The summed E-state index contributed by atoms with van der Waals surface area (Å²) in [5.41, 5.74) is 2.44. The van der Waals surface area contributed by atoms with Crippen molar-refractivity contribution in [3.8, 4) is 5.75 Å². The maximum Gasteiger partial charge on any atom is 0.290 e. The second kappa shape index (κ2) is 7.16. The van der Waals surface area contributed by atoms with E-state index in [9.17, 15) is 4.79 Å². The summed E-state index contributed by atoms with van der Waals surface area (Å²) in [5.74, 6) is 0.964. The lowest BCUT2D eigenvalue weighted by molar-refractivity contribution is 0.0913. The first-order valence-corrected chi connectivity index (χ1v) is 8.51. The number of carbonyl (C=O) groups is 1. The average Bonchev–Trinajstić information content (AvgIpc) is 3.38. The number of rotatable bonds is 6. The summed E-state index contributed by atoms with van der Waals surface area (Å²) in [5, 5.41) is 11.5. The lowest BCUT2D eigenvalue weighted by Crippen LogP contribution is -2.22. The van der Waals surface area contributed by atoms with Crippen molar-refractivity contribution in [3.63, 3.8) is 0 Å². The van der Waals surface area contributed by atoms with Crippen molar-refractivity contribution in [2.45, 2.75) is 20.1 Å². The number of amides is 1. The average molecular weight is 387 g/mol. The van der Waals surface area contributed by atoms with Gasteiger partial charge in [0.25, 0.3) is 5.91 Å². The molecule has 0 radical (unpaired) electrons. The zero-order valence-electron chi connectivity index (χ0n) is 14.3. The standard InChI is InChI=1S/C18H15ClN4O4/c1-10-4-13(26-23-10)9-25-17-7-15-11(6-14(17)19)5-12(22-15)8-20-18(24)16-2-3-21-27-16/h2-7,22H,8-9H2,1H3,(H,20,24). The van der Waals surface area contributed by atoms with Crippen LogP contribution in [0.4, 0.5) is 0 Å². The zero-order valence-corrected chi connectivity index (χ0v) is 15.0. The van der Waals surface area contributed by atoms with E-state index in [-0.39, 0.29) is 18.3 Å². The normalized spacial score (nSPS) is 11.0. The highest BCUT2D eigenvalue weighted by Crippen LogP contribution is 2.31. The first kappa shape index (κ1) is 17.2. The number of nitrogens with one attached hydrogen (secondary N) is 2. The fourth-order valence-corrected chi connectivity index (χ4v) is 2.85. The number of hydrogen-bond acceptors (Lipinski definition) is 6. The van der Waals surface area contributed by atoms with Gasteiger partial charge in [-0.2, -0.15) is 0 Å². The fraction of sp³-hybridized carbons (Fsp3) is 0.167. The summed E-state index contributed by atoms with van der Waals surface area (Å²) in [6, 6.07) is 8.82. The van der Waals surface area contributed by atoms with Crippen molar-refractivity contribution in [2.75, 3.05) is 0 Å². The first-order valence-electron chi connectivity index (χ1n) is 8.13. The van der Waals surface area contributed by atoms with Gasteiger partial charge in [-0.25, -0.2) is 0 Å². The Bertz CT molecular complexity index is 1080. The minimum absolute atomic E-state index is 0.160. The Morgan fingerprint density at radius 2 is 2.19 bits per heavy atom. The minimum atomic E-state index is -0.337. The van der Waals surface area contributed by atoms with Crippen molar-refractivity contribution in [3.05, 3.63) is 64.5 Å². The van der Waals surface area contributed by atoms with E-state index in [0.717, 1.165) is 22.3 Å².